The highest BCUT2D eigenvalue weighted by Gasteiger charge is 2.33. The zero-order chi connectivity index (χ0) is 28.4. The molecule has 1 aromatic heterocycles. The number of pyridine rings is 1. The SMILES string of the molecule is CC(C)[C@H]1NC(=O)CN(Cc2ccncc2)CCNC(=O)[C@H]([C@@H](C)O)NC(=O)[C@H](Cc2ccccc2)NC1=O. The smallest absolute Gasteiger partial charge is 0.245 e. The van der Waals surface area contributed by atoms with Gasteiger partial charge in [-0.1, -0.05) is 44.2 Å². The molecule has 1 aromatic carbocycles. The Morgan fingerprint density at radius 2 is 1.56 bits per heavy atom. The lowest BCUT2D eigenvalue weighted by Gasteiger charge is -2.27. The van der Waals surface area contributed by atoms with Gasteiger partial charge < -0.3 is 26.4 Å². The number of aromatic nitrogens is 1. The van der Waals surface area contributed by atoms with E-state index in [4.69, 9.17) is 0 Å². The summed E-state index contributed by atoms with van der Waals surface area (Å²) in [7, 11) is 0. The minimum absolute atomic E-state index is 0.0147. The number of aliphatic hydroxyl groups is 1. The Morgan fingerprint density at radius 1 is 0.872 bits per heavy atom. The minimum atomic E-state index is -1.23. The number of carbonyl (C=O) groups excluding carboxylic acids is 4. The highest BCUT2D eigenvalue weighted by molar-refractivity contribution is 5.94. The van der Waals surface area contributed by atoms with E-state index in [1.807, 2.05) is 61.2 Å². The van der Waals surface area contributed by atoms with Crippen molar-refractivity contribution in [3.63, 3.8) is 0 Å². The Balaban J connectivity index is 1.89. The number of amides is 4. The summed E-state index contributed by atoms with van der Waals surface area (Å²) in [5.74, 6) is -2.30. The maximum atomic E-state index is 13.4. The fraction of sp³-hybridized carbons (Fsp3) is 0.464. The molecule has 39 heavy (non-hydrogen) atoms. The second-order valence-electron chi connectivity index (χ2n) is 10.1. The average Bonchev–Trinajstić information content (AvgIpc) is 2.90. The number of carbonyl (C=O) groups is 4. The third-order valence-electron chi connectivity index (χ3n) is 6.49. The molecule has 1 aliphatic rings. The number of benzene rings is 1. The first-order valence-corrected chi connectivity index (χ1v) is 13.1. The third-order valence-corrected chi connectivity index (χ3v) is 6.49. The number of hydrogen-bond acceptors (Lipinski definition) is 7. The van der Waals surface area contributed by atoms with Crippen molar-refractivity contribution in [3.8, 4) is 0 Å². The summed E-state index contributed by atoms with van der Waals surface area (Å²) in [6.45, 7) is 5.93. The maximum absolute atomic E-state index is 13.4. The number of nitrogens with zero attached hydrogens (tertiary/aromatic N) is 2. The van der Waals surface area contributed by atoms with Crippen molar-refractivity contribution in [2.45, 2.75) is 58.0 Å². The van der Waals surface area contributed by atoms with E-state index in [2.05, 4.69) is 26.3 Å². The lowest BCUT2D eigenvalue weighted by molar-refractivity contribution is -0.135. The number of nitrogens with one attached hydrogen (secondary N) is 4. The maximum Gasteiger partial charge on any atom is 0.245 e. The first-order chi connectivity index (χ1) is 18.6. The average molecular weight is 539 g/mol. The molecule has 0 spiro atoms. The highest BCUT2D eigenvalue weighted by atomic mass is 16.3. The molecule has 210 valence electrons. The molecule has 1 saturated heterocycles. The summed E-state index contributed by atoms with van der Waals surface area (Å²) >= 11 is 0. The lowest BCUT2D eigenvalue weighted by Crippen LogP contribution is -2.60. The summed E-state index contributed by atoms with van der Waals surface area (Å²) in [6, 6.07) is 9.65. The largest absolute Gasteiger partial charge is 0.391 e. The Hall–Kier alpha value is -3.83. The van der Waals surface area contributed by atoms with E-state index in [1.165, 1.54) is 6.92 Å². The second-order valence-corrected chi connectivity index (χ2v) is 10.1. The molecule has 1 aliphatic heterocycles. The number of rotatable bonds is 6. The topological polar surface area (TPSA) is 153 Å². The van der Waals surface area contributed by atoms with E-state index in [0.717, 1.165) is 11.1 Å². The Morgan fingerprint density at radius 3 is 2.21 bits per heavy atom. The van der Waals surface area contributed by atoms with Crippen molar-refractivity contribution < 1.29 is 24.3 Å². The molecule has 0 unspecified atom stereocenters. The molecule has 0 bridgehead atoms. The minimum Gasteiger partial charge on any atom is -0.391 e. The first kappa shape index (κ1) is 29.7. The predicted molar refractivity (Wildman–Crippen MR) is 145 cm³/mol. The fourth-order valence-electron chi connectivity index (χ4n) is 4.34. The molecule has 3 rings (SSSR count). The summed E-state index contributed by atoms with van der Waals surface area (Å²) in [5, 5.41) is 21.2. The summed E-state index contributed by atoms with van der Waals surface area (Å²) in [5.41, 5.74) is 1.73. The fourth-order valence-corrected chi connectivity index (χ4v) is 4.34. The number of hydrogen-bond donors (Lipinski definition) is 5. The van der Waals surface area contributed by atoms with E-state index in [0.29, 0.717) is 13.1 Å². The van der Waals surface area contributed by atoms with E-state index in [-0.39, 0.29) is 31.3 Å². The van der Waals surface area contributed by atoms with Crippen molar-refractivity contribution in [2.24, 2.45) is 5.92 Å². The Labute approximate surface area is 228 Å². The summed E-state index contributed by atoms with van der Waals surface area (Å²) < 4.78 is 0. The van der Waals surface area contributed by atoms with Crippen LogP contribution in [0.2, 0.25) is 0 Å². The van der Waals surface area contributed by atoms with Gasteiger partial charge in [-0.25, -0.2) is 0 Å². The van der Waals surface area contributed by atoms with Gasteiger partial charge in [0.05, 0.1) is 12.6 Å². The first-order valence-electron chi connectivity index (χ1n) is 13.1. The van der Waals surface area contributed by atoms with Crippen molar-refractivity contribution in [1.82, 2.24) is 31.2 Å². The van der Waals surface area contributed by atoms with Gasteiger partial charge in [-0.2, -0.15) is 0 Å². The molecule has 0 aliphatic carbocycles. The van der Waals surface area contributed by atoms with Crippen molar-refractivity contribution in [1.29, 1.82) is 0 Å². The molecule has 0 saturated carbocycles. The van der Waals surface area contributed by atoms with Gasteiger partial charge in [0.15, 0.2) is 0 Å². The second kappa shape index (κ2) is 14.4. The van der Waals surface area contributed by atoms with Crippen LogP contribution in [0.25, 0.3) is 0 Å². The molecule has 1 fully saturated rings. The van der Waals surface area contributed by atoms with Crippen LogP contribution in [-0.2, 0) is 32.1 Å². The van der Waals surface area contributed by atoms with Crippen LogP contribution in [0.15, 0.2) is 54.9 Å². The van der Waals surface area contributed by atoms with Crippen molar-refractivity contribution in [2.75, 3.05) is 19.6 Å². The van der Waals surface area contributed by atoms with E-state index in [9.17, 15) is 24.3 Å². The standard InChI is InChI=1S/C28H38N6O5/c1-18(2)24-28(39)31-22(15-20-7-5-4-6-8-20)26(37)33-25(19(3)35)27(38)30-13-14-34(17-23(36)32-24)16-21-9-11-29-12-10-21/h4-12,18-19,22,24-25,35H,13-17H2,1-3H3,(H,30,38)(H,31,39)(H,32,36)(H,33,37)/t19-,22+,24-,25+/m1/s1. The summed E-state index contributed by atoms with van der Waals surface area (Å²) in [4.78, 5) is 58.6. The molecule has 5 N–H and O–H groups in total. The number of aliphatic hydroxyl groups excluding tert-OH is 1. The monoisotopic (exact) mass is 538 g/mol. The van der Waals surface area contributed by atoms with Gasteiger partial charge >= 0.3 is 0 Å². The van der Waals surface area contributed by atoms with Gasteiger partial charge in [0, 0.05) is 38.4 Å². The van der Waals surface area contributed by atoms with Crippen LogP contribution >= 0.6 is 0 Å². The van der Waals surface area contributed by atoms with Gasteiger partial charge in [0.2, 0.25) is 23.6 Å². The summed E-state index contributed by atoms with van der Waals surface area (Å²) in [6.07, 6.45) is 2.29. The lowest BCUT2D eigenvalue weighted by atomic mass is 10.0. The van der Waals surface area contributed by atoms with Crippen LogP contribution in [0.1, 0.15) is 31.9 Å². The highest BCUT2D eigenvalue weighted by Crippen LogP contribution is 2.09. The van der Waals surface area contributed by atoms with E-state index in [1.54, 1.807) is 12.4 Å². The zero-order valence-corrected chi connectivity index (χ0v) is 22.6. The Bertz CT molecular complexity index is 1110. The third kappa shape index (κ3) is 9.15. The molecule has 4 atom stereocenters. The normalized spacial score (nSPS) is 23.1. The predicted octanol–water partition coefficient (Wildman–Crippen LogP) is -0.253. The molecular weight excluding hydrogens is 500 g/mol. The zero-order valence-electron chi connectivity index (χ0n) is 22.6. The van der Waals surface area contributed by atoms with Crippen LogP contribution in [0.3, 0.4) is 0 Å². The Kier molecular flexibility index (Phi) is 10.9. The quantitative estimate of drug-likeness (QED) is 0.340. The van der Waals surface area contributed by atoms with Crippen LogP contribution in [-0.4, -0.2) is 82.5 Å². The molecule has 2 aromatic rings. The molecule has 11 nitrogen and oxygen atoms in total. The molecule has 4 amide bonds. The van der Waals surface area contributed by atoms with Crippen LogP contribution in [0.5, 0.6) is 0 Å². The van der Waals surface area contributed by atoms with E-state index >= 15 is 0 Å². The van der Waals surface area contributed by atoms with Crippen molar-refractivity contribution in [3.05, 3.63) is 66.0 Å². The molecular formula is C28H38N6O5. The van der Waals surface area contributed by atoms with Crippen molar-refractivity contribution >= 4 is 23.6 Å². The van der Waals surface area contributed by atoms with Crippen LogP contribution in [0, 0.1) is 5.92 Å². The van der Waals surface area contributed by atoms with Gasteiger partial charge in [-0.3, -0.25) is 29.1 Å². The molecule has 0 radical (unpaired) electrons. The van der Waals surface area contributed by atoms with Gasteiger partial charge in [0.25, 0.3) is 0 Å². The molecule has 2 heterocycles. The van der Waals surface area contributed by atoms with Gasteiger partial charge in [-0.05, 0) is 36.1 Å². The molecule has 11 heteroatoms. The van der Waals surface area contributed by atoms with Crippen LogP contribution < -0.4 is 21.3 Å². The van der Waals surface area contributed by atoms with Gasteiger partial charge in [0.1, 0.15) is 18.1 Å². The van der Waals surface area contributed by atoms with Crippen LogP contribution in [0.4, 0.5) is 0 Å². The van der Waals surface area contributed by atoms with E-state index < -0.39 is 42.0 Å². The van der Waals surface area contributed by atoms with Gasteiger partial charge in [-0.15, -0.1) is 0 Å².